The Balaban J connectivity index is 2.49. The van der Waals surface area contributed by atoms with Gasteiger partial charge in [0, 0.05) is 11.3 Å². The zero-order valence-corrected chi connectivity index (χ0v) is 9.77. The molecule has 2 N–H and O–H groups in total. The number of hydrogen-bond acceptors (Lipinski definition) is 2. The fraction of sp³-hybridized carbons (Fsp3) is 0.231. The number of carboxylic acids is 1. The highest BCUT2D eigenvalue weighted by molar-refractivity contribution is 5.89. The van der Waals surface area contributed by atoms with Crippen molar-refractivity contribution >= 4 is 5.97 Å². The zero-order valence-electron chi connectivity index (χ0n) is 9.77. The number of H-pyrrole nitrogens is 1. The molecule has 0 fully saturated rings. The van der Waals surface area contributed by atoms with Crippen molar-refractivity contribution in [3.05, 3.63) is 41.9 Å². The van der Waals surface area contributed by atoms with Gasteiger partial charge < -0.3 is 10.1 Å². The number of carbonyl (C=O) groups is 1. The van der Waals surface area contributed by atoms with E-state index in [1.54, 1.807) is 24.5 Å². The minimum absolute atomic E-state index is 0.278. The number of nitrogens with one attached hydrogen (secondary N) is 1. The molecule has 88 valence electrons. The van der Waals surface area contributed by atoms with Crippen molar-refractivity contribution < 1.29 is 9.90 Å². The topological polar surface area (TPSA) is 66.0 Å². The largest absolute Gasteiger partial charge is 0.478 e. The molecule has 0 bridgehead atoms. The van der Waals surface area contributed by atoms with Gasteiger partial charge in [-0.1, -0.05) is 26.0 Å². The lowest BCUT2D eigenvalue weighted by Gasteiger charge is -2.06. The van der Waals surface area contributed by atoms with Crippen LogP contribution >= 0.6 is 0 Å². The van der Waals surface area contributed by atoms with E-state index in [9.17, 15) is 4.79 Å². The Morgan fingerprint density at radius 3 is 2.82 bits per heavy atom. The van der Waals surface area contributed by atoms with Crippen molar-refractivity contribution in [2.75, 3.05) is 0 Å². The summed E-state index contributed by atoms with van der Waals surface area (Å²) in [6, 6.07) is 6.82. The van der Waals surface area contributed by atoms with Crippen molar-refractivity contribution in [2.24, 2.45) is 0 Å². The average Bonchev–Trinajstić information content (AvgIpc) is 2.78. The lowest BCUT2D eigenvalue weighted by atomic mass is 10.0. The third-order valence-corrected chi connectivity index (χ3v) is 2.63. The molecule has 0 amide bonds. The first-order chi connectivity index (χ1) is 8.09. The van der Waals surface area contributed by atoms with E-state index < -0.39 is 5.97 Å². The quantitative estimate of drug-likeness (QED) is 0.852. The first kappa shape index (κ1) is 11.4. The second-order valence-corrected chi connectivity index (χ2v) is 4.21. The molecule has 0 saturated heterocycles. The maximum Gasteiger partial charge on any atom is 0.335 e. The maximum absolute atomic E-state index is 10.9. The summed E-state index contributed by atoms with van der Waals surface area (Å²) in [5.41, 5.74) is 2.95. The number of hydrogen-bond donors (Lipinski definition) is 2. The molecule has 4 nitrogen and oxygen atoms in total. The monoisotopic (exact) mass is 230 g/mol. The van der Waals surface area contributed by atoms with E-state index in [0.29, 0.717) is 5.92 Å². The van der Waals surface area contributed by atoms with Crippen LogP contribution in [0.25, 0.3) is 11.3 Å². The standard InChI is InChI=1S/C13H14N2O2/c1-8(2)11-12(15-7-14-11)9-4-3-5-10(6-9)13(16)17/h3-8H,1-2H3,(H,14,15)(H,16,17). The fourth-order valence-electron chi connectivity index (χ4n) is 1.77. The van der Waals surface area contributed by atoms with Crippen LogP contribution < -0.4 is 0 Å². The maximum atomic E-state index is 10.9. The van der Waals surface area contributed by atoms with Gasteiger partial charge in [0.1, 0.15) is 0 Å². The van der Waals surface area contributed by atoms with Crippen LogP contribution in [0.2, 0.25) is 0 Å². The Morgan fingerprint density at radius 2 is 2.18 bits per heavy atom. The van der Waals surface area contributed by atoms with Gasteiger partial charge in [0.15, 0.2) is 0 Å². The molecule has 0 radical (unpaired) electrons. The molecule has 0 saturated carbocycles. The molecule has 2 aromatic rings. The summed E-state index contributed by atoms with van der Waals surface area (Å²) in [6.07, 6.45) is 1.64. The molecular weight excluding hydrogens is 216 g/mol. The van der Waals surface area contributed by atoms with Crippen LogP contribution in [0.1, 0.15) is 35.8 Å². The summed E-state index contributed by atoms with van der Waals surface area (Å²) in [6.45, 7) is 4.14. The first-order valence-corrected chi connectivity index (χ1v) is 5.46. The molecule has 0 aliphatic heterocycles. The van der Waals surface area contributed by atoms with Gasteiger partial charge >= 0.3 is 5.97 Å². The Hall–Kier alpha value is -2.10. The van der Waals surface area contributed by atoms with E-state index >= 15 is 0 Å². The molecule has 2 rings (SSSR count). The Bertz CT molecular complexity index is 544. The van der Waals surface area contributed by atoms with Crippen LogP contribution in [0, 0.1) is 0 Å². The molecular formula is C13H14N2O2. The zero-order chi connectivity index (χ0) is 12.4. The Labute approximate surface area is 99.3 Å². The molecule has 0 aliphatic carbocycles. The van der Waals surface area contributed by atoms with Crippen molar-refractivity contribution in [2.45, 2.75) is 19.8 Å². The van der Waals surface area contributed by atoms with Gasteiger partial charge in [0.25, 0.3) is 0 Å². The molecule has 0 unspecified atom stereocenters. The number of nitrogens with zero attached hydrogens (tertiary/aromatic N) is 1. The van der Waals surface area contributed by atoms with Crippen LogP contribution in [0.5, 0.6) is 0 Å². The third-order valence-electron chi connectivity index (χ3n) is 2.63. The number of aromatic amines is 1. The number of benzene rings is 1. The summed E-state index contributed by atoms with van der Waals surface area (Å²) in [4.78, 5) is 18.3. The second-order valence-electron chi connectivity index (χ2n) is 4.21. The highest BCUT2D eigenvalue weighted by Gasteiger charge is 2.12. The van der Waals surface area contributed by atoms with E-state index in [2.05, 4.69) is 23.8 Å². The van der Waals surface area contributed by atoms with Gasteiger partial charge in [-0.05, 0) is 18.1 Å². The van der Waals surface area contributed by atoms with E-state index in [-0.39, 0.29) is 5.56 Å². The number of rotatable bonds is 3. The number of aromatic nitrogens is 2. The normalized spacial score (nSPS) is 10.8. The van der Waals surface area contributed by atoms with Crippen molar-refractivity contribution in [3.63, 3.8) is 0 Å². The highest BCUT2D eigenvalue weighted by Crippen LogP contribution is 2.26. The van der Waals surface area contributed by atoms with Crippen LogP contribution in [0.15, 0.2) is 30.6 Å². The molecule has 0 atom stereocenters. The van der Waals surface area contributed by atoms with Crippen LogP contribution in [0.3, 0.4) is 0 Å². The molecule has 0 aliphatic rings. The van der Waals surface area contributed by atoms with Crippen LogP contribution in [-0.4, -0.2) is 21.0 Å². The van der Waals surface area contributed by atoms with Crippen LogP contribution in [-0.2, 0) is 0 Å². The van der Waals surface area contributed by atoms with Gasteiger partial charge in [-0.3, -0.25) is 0 Å². The van der Waals surface area contributed by atoms with Crippen molar-refractivity contribution in [1.29, 1.82) is 0 Å². The predicted octanol–water partition coefficient (Wildman–Crippen LogP) is 2.90. The number of aromatic carboxylic acids is 1. The summed E-state index contributed by atoms with van der Waals surface area (Å²) < 4.78 is 0. The highest BCUT2D eigenvalue weighted by atomic mass is 16.4. The molecule has 1 aromatic heterocycles. The van der Waals surface area contributed by atoms with Gasteiger partial charge in [0.05, 0.1) is 17.6 Å². The number of imidazole rings is 1. The lowest BCUT2D eigenvalue weighted by molar-refractivity contribution is 0.0697. The SMILES string of the molecule is CC(C)c1[nH]cnc1-c1cccc(C(=O)O)c1. The third kappa shape index (κ3) is 2.20. The van der Waals surface area contributed by atoms with Crippen LogP contribution in [0.4, 0.5) is 0 Å². The second kappa shape index (κ2) is 4.41. The van der Waals surface area contributed by atoms with E-state index in [1.807, 2.05) is 6.07 Å². The average molecular weight is 230 g/mol. The molecule has 1 heterocycles. The molecule has 0 spiro atoms. The van der Waals surface area contributed by atoms with Crippen molar-refractivity contribution in [3.8, 4) is 11.3 Å². The smallest absolute Gasteiger partial charge is 0.335 e. The van der Waals surface area contributed by atoms with E-state index in [4.69, 9.17) is 5.11 Å². The Kier molecular flexibility index (Phi) is 2.95. The molecule has 17 heavy (non-hydrogen) atoms. The fourth-order valence-corrected chi connectivity index (χ4v) is 1.77. The first-order valence-electron chi connectivity index (χ1n) is 5.46. The minimum atomic E-state index is -0.923. The van der Waals surface area contributed by atoms with Gasteiger partial charge in [-0.2, -0.15) is 0 Å². The summed E-state index contributed by atoms with van der Waals surface area (Å²) >= 11 is 0. The molecule has 1 aromatic carbocycles. The molecule has 4 heteroatoms. The summed E-state index contributed by atoms with van der Waals surface area (Å²) in [5, 5.41) is 8.96. The number of carboxylic acid groups (broad SMARTS) is 1. The van der Waals surface area contributed by atoms with E-state index in [0.717, 1.165) is 17.0 Å². The summed E-state index contributed by atoms with van der Waals surface area (Å²) in [7, 11) is 0. The minimum Gasteiger partial charge on any atom is -0.478 e. The predicted molar refractivity (Wildman–Crippen MR) is 65.1 cm³/mol. The summed E-state index contributed by atoms with van der Waals surface area (Å²) in [5.74, 6) is -0.602. The van der Waals surface area contributed by atoms with Crippen molar-refractivity contribution in [1.82, 2.24) is 9.97 Å². The van der Waals surface area contributed by atoms with Gasteiger partial charge in [0.2, 0.25) is 0 Å². The van der Waals surface area contributed by atoms with Gasteiger partial charge in [-0.15, -0.1) is 0 Å². The lowest BCUT2D eigenvalue weighted by Crippen LogP contribution is -1.97. The van der Waals surface area contributed by atoms with E-state index in [1.165, 1.54) is 0 Å². The van der Waals surface area contributed by atoms with Gasteiger partial charge in [-0.25, -0.2) is 9.78 Å². The Morgan fingerprint density at radius 1 is 1.41 bits per heavy atom.